The van der Waals surface area contributed by atoms with Gasteiger partial charge in [0.25, 0.3) is 5.91 Å². The summed E-state index contributed by atoms with van der Waals surface area (Å²) in [5, 5.41) is 13.0. The molecule has 0 fully saturated rings. The molecule has 0 unspecified atom stereocenters. The maximum atomic E-state index is 12.9. The molecule has 1 heterocycles. The molecule has 1 amide bonds. The number of rotatable bonds is 6. The van der Waals surface area contributed by atoms with Crippen molar-refractivity contribution in [2.24, 2.45) is 5.92 Å². The minimum absolute atomic E-state index is 0.0147. The van der Waals surface area contributed by atoms with E-state index >= 15 is 0 Å². The fourth-order valence-corrected chi connectivity index (χ4v) is 6.21. The number of benzene rings is 2. The van der Waals surface area contributed by atoms with Crippen LogP contribution in [0.5, 0.6) is 0 Å². The first-order chi connectivity index (χ1) is 15.4. The van der Waals surface area contributed by atoms with Gasteiger partial charge in [0.1, 0.15) is 11.1 Å². The van der Waals surface area contributed by atoms with Crippen molar-refractivity contribution in [1.82, 2.24) is 4.72 Å². The molecule has 6 nitrogen and oxygen atoms in total. The number of carbonyl (C=O) groups excluding carboxylic acids is 1. The van der Waals surface area contributed by atoms with Crippen LogP contribution in [0.15, 0.2) is 59.5 Å². The normalized spacial score (nSPS) is 15.6. The molecule has 8 heteroatoms. The largest absolute Gasteiger partial charge is 0.312 e. The molecule has 2 aromatic carbocycles. The van der Waals surface area contributed by atoms with Crippen molar-refractivity contribution < 1.29 is 13.2 Å². The third-order valence-electron chi connectivity index (χ3n) is 5.57. The number of thiophene rings is 1. The van der Waals surface area contributed by atoms with Crippen LogP contribution >= 0.6 is 11.3 Å². The average molecular weight is 466 g/mol. The van der Waals surface area contributed by atoms with Gasteiger partial charge in [-0.3, -0.25) is 4.79 Å². The number of nitrogens with one attached hydrogen (secondary N) is 2. The van der Waals surface area contributed by atoms with Crippen LogP contribution in [-0.2, 0) is 29.4 Å². The number of anilines is 1. The number of nitriles is 1. The maximum absolute atomic E-state index is 12.9. The van der Waals surface area contributed by atoms with Crippen molar-refractivity contribution in [3.05, 3.63) is 81.7 Å². The summed E-state index contributed by atoms with van der Waals surface area (Å²) in [6.45, 7) is 2.34. The van der Waals surface area contributed by atoms with Gasteiger partial charge in [-0.25, -0.2) is 13.1 Å². The molecule has 3 aromatic rings. The Morgan fingerprint density at radius 3 is 2.72 bits per heavy atom. The summed E-state index contributed by atoms with van der Waals surface area (Å²) < 4.78 is 28.0. The highest BCUT2D eigenvalue weighted by Gasteiger charge is 2.25. The molecular formula is C24H23N3O3S2. The van der Waals surface area contributed by atoms with Crippen molar-refractivity contribution >= 4 is 32.3 Å². The van der Waals surface area contributed by atoms with E-state index in [1.165, 1.54) is 23.5 Å². The SMILES string of the molecule is C[C@@H]1CCc2c(sc(NC(=O)c3cccc(S(=O)(=O)NCc4ccccc4)c3)c2C#N)C1. The number of nitrogens with zero attached hydrogens (tertiary/aromatic N) is 1. The number of hydrogen-bond donors (Lipinski definition) is 2. The Morgan fingerprint density at radius 1 is 1.19 bits per heavy atom. The summed E-state index contributed by atoms with van der Waals surface area (Å²) in [4.78, 5) is 14.1. The molecule has 0 aliphatic heterocycles. The van der Waals surface area contributed by atoms with Gasteiger partial charge in [-0.15, -0.1) is 11.3 Å². The molecule has 1 aliphatic rings. The molecule has 0 saturated carbocycles. The van der Waals surface area contributed by atoms with Gasteiger partial charge in [0.05, 0.1) is 10.5 Å². The van der Waals surface area contributed by atoms with Crippen molar-refractivity contribution in [2.75, 3.05) is 5.32 Å². The molecular weight excluding hydrogens is 442 g/mol. The summed E-state index contributed by atoms with van der Waals surface area (Å²) in [6.07, 6.45) is 2.78. The van der Waals surface area contributed by atoms with Crippen LogP contribution in [0.3, 0.4) is 0 Å². The second-order valence-electron chi connectivity index (χ2n) is 7.96. The Kier molecular flexibility index (Phi) is 6.42. The molecule has 4 rings (SSSR count). The molecule has 1 aliphatic carbocycles. The third kappa shape index (κ3) is 4.75. The fourth-order valence-electron chi connectivity index (χ4n) is 3.79. The number of carbonyl (C=O) groups is 1. The highest BCUT2D eigenvalue weighted by Crippen LogP contribution is 2.39. The minimum atomic E-state index is -3.79. The number of fused-ring (bicyclic) bond motifs is 1. The maximum Gasteiger partial charge on any atom is 0.256 e. The summed E-state index contributed by atoms with van der Waals surface area (Å²) in [7, 11) is -3.79. The molecule has 32 heavy (non-hydrogen) atoms. The summed E-state index contributed by atoms with van der Waals surface area (Å²) in [5.41, 5.74) is 2.62. The Balaban J connectivity index is 1.52. The Morgan fingerprint density at radius 2 is 1.97 bits per heavy atom. The average Bonchev–Trinajstić information content (AvgIpc) is 3.14. The lowest BCUT2D eigenvalue weighted by molar-refractivity contribution is 0.102. The molecule has 1 atom stereocenters. The molecule has 0 bridgehead atoms. The highest BCUT2D eigenvalue weighted by atomic mass is 32.2. The van der Waals surface area contributed by atoms with Crippen LogP contribution in [0.4, 0.5) is 5.00 Å². The standard InChI is InChI=1S/C24H23N3O3S2/c1-16-10-11-20-21(14-25)24(31-22(20)12-16)27-23(28)18-8-5-9-19(13-18)32(29,30)26-15-17-6-3-2-4-7-17/h2-9,13,16,26H,10-12,15H2,1H3,(H,27,28)/t16-/m1/s1. The molecule has 1 aromatic heterocycles. The second kappa shape index (κ2) is 9.25. The lowest BCUT2D eigenvalue weighted by Gasteiger charge is -2.17. The van der Waals surface area contributed by atoms with E-state index in [-0.39, 0.29) is 17.0 Å². The van der Waals surface area contributed by atoms with E-state index in [0.717, 1.165) is 35.3 Å². The van der Waals surface area contributed by atoms with Crippen LogP contribution in [0.2, 0.25) is 0 Å². The monoisotopic (exact) mass is 465 g/mol. The topological polar surface area (TPSA) is 99.1 Å². The zero-order valence-corrected chi connectivity index (χ0v) is 19.2. The molecule has 0 spiro atoms. The molecule has 0 radical (unpaired) electrons. The predicted molar refractivity (Wildman–Crippen MR) is 125 cm³/mol. The lowest BCUT2D eigenvalue weighted by Crippen LogP contribution is -2.23. The zero-order chi connectivity index (χ0) is 22.7. The first-order valence-corrected chi connectivity index (χ1v) is 12.7. The molecule has 164 valence electrons. The van der Waals surface area contributed by atoms with Gasteiger partial charge in [-0.05, 0) is 54.5 Å². The van der Waals surface area contributed by atoms with E-state index in [9.17, 15) is 18.5 Å². The Hall–Kier alpha value is -2.99. The van der Waals surface area contributed by atoms with E-state index < -0.39 is 15.9 Å². The zero-order valence-electron chi connectivity index (χ0n) is 17.6. The number of amides is 1. The van der Waals surface area contributed by atoms with Crippen LogP contribution in [-0.4, -0.2) is 14.3 Å². The van der Waals surface area contributed by atoms with Gasteiger partial charge >= 0.3 is 0 Å². The highest BCUT2D eigenvalue weighted by molar-refractivity contribution is 7.89. The van der Waals surface area contributed by atoms with Gasteiger partial charge in [0.15, 0.2) is 0 Å². The van der Waals surface area contributed by atoms with E-state index in [1.807, 2.05) is 30.3 Å². The lowest BCUT2D eigenvalue weighted by atomic mass is 9.88. The van der Waals surface area contributed by atoms with E-state index in [2.05, 4.69) is 23.0 Å². The smallest absolute Gasteiger partial charge is 0.256 e. The fraction of sp³-hybridized carbons (Fsp3) is 0.250. The van der Waals surface area contributed by atoms with E-state index in [1.54, 1.807) is 12.1 Å². The first kappa shape index (κ1) is 22.2. The Labute approximate surface area is 192 Å². The first-order valence-electron chi connectivity index (χ1n) is 10.4. The van der Waals surface area contributed by atoms with Gasteiger partial charge in [0, 0.05) is 17.0 Å². The number of hydrogen-bond acceptors (Lipinski definition) is 5. The van der Waals surface area contributed by atoms with Crippen molar-refractivity contribution in [2.45, 2.75) is 37.6 Å². The van der Waals surface area contributed by atoms with Gasteiger partial charge < -0.3 is 5.32 Å². The van der Waals surface area contributed by atoms with Crippen molar-refractivity contribution in [1.29, 1.82) is 5.26 Å². The number of sulfonamides is 1. The Bertz CT molecular complexity index is 1290. The van der Waals surface area contributed by atoms with Gasteiger partial charge in [-0.2, -0.15) is 5.26 Å². The minimum Gasteiger partial charge on any atom is -0.312 e. The van der Waals surface area contributed by atoms with E-state index in [0.29, 0.717) is 16.5 Å². The summed E-state index contributed by atoms with van der Waals surface area (Å²) in [6, 6.07) is 17.4. The second-order valence-corrected chi connectivity index (χ2v) is 10.8. The van der Waals surface area contributed by atoms with Gasteiger partial charge in [0.2, 0.25) is 10.0 Å². The van der Waals surface area contributed by atoms with Crippen molar-refractivity contribution in [3.8, 4) is 6.07 Å². The predicted octanol–water partition coefficient (Wildman–Crippen LogP) is 4.48. The van der Waals surface area contributed by atoms with Gasteiger partial charge in [-0.1, -0.05) is 43.3 Å². The summed E-state index contributed by atoms with van der Waals surface area (Å²) >= 11 is 1.44. The molecule has 2 N–H and O–H groups in total. The van der Waals surface area contributed by atoms with E-state index in [4.69, 9.17) is 0 Å². The quantitative estimate of drug-likeness (QED) is 0.561. The van der Waals surface area contributed by atoms with Crippen LogP contribution in [0, 0.1) is 17.2 Å². The van der Waals surface area contributed by atoms with Crippen LogP contribution in [0.1, 0.15) is 45.3 Å². The molecule has 0 saturated heterocycles. The van der Waals surface area contributed by atoms with Crippen LogP contribution < -0.4 is 10.0 Å². The summed E-state index contributed by atoms with van der Waals surface area (Å²) in [5.74, 6) is 0.120. The third-order valence-corrected chi connectivity index (χ3v) is 8.13. The van der Waals surface area contributed by atoms with Crippen LogP contribution in [0.25, 0.3) is 0 Å². The van der Waals surface area contributed by atoms with Crippen molar-refractivity contribution in [3.63, 3.8) is 0 Å².